The normalized spacial score (nSPS) is 17.8. The van der Waals surface area contributed by atoms with Crippen molar-refractivity contribution in [2.24, 2.45) is 0 Å². The molecular weight excluding hydrogens is 277 g/mol. The number of likely N-dealkylation sites (tertiary alicyclic amines) is 1. The molecule has 1 unspecified atom stereocenters. The number of hydrogen-bond acceptors (Lipinski definition) is 3. The zero-order valence-electron chi connectivity index (χ0n) is 11.6. The zero-order valence-corrected chi connectivity index (χ0v) is 11.6. The Bertz CT molecular complexity index is 503. The fraction of sp³-hybridized carbons (Fsp3) is 0.467. The minimum atomic E-state index is -0.887. The van der Waals surface area contributed by atoms with Crippen molar-refractivity contribution in [2.75, 3.05) is 13.2 Å². The Morgan fingerprint density at radius 2 is 2.05 bits per heavy atom. The molecule has 5 nitrogen and oxygen atoms in total. The highest BCUT2D eigenvalue weighted by Gasteiger charge is 2.29. The molecule has 1 saturated heterocycles. The lowest BCUT2D eigenvalue weighted by Crippen LogP contribution is -2.37. The molecule has 2 rings (SSSR count). The molecule has 0 aliphatic carbocycles. The number of nitrogens with zero attached hydrogens (tertiary/aromatic N) is 1. The maximum absolute atomic E-state index is 12.7. The van der Waals surface area contributed by atoms with E-state index >= 15 is 0 Å². The third kappa shape index (κ3) is 4.44. The summed E-state index contributed by atoms with van der Waals surface area (Å²) in [7, 11) is 0. The summed E-state index contributed by atoms with van der Waals surface area (Å²) in [6, 6.07) is 5.38. The largest absolute Gasteiger partial charge is 0.493 e. The molecule has 1 aliphatic rings. The highest BCUT2D eigenvalue weighted by molar-refractivity contribution is 5.78. The quantitative estimate of drug-likeness (QED) is 0.872. The number of rotatable bonds is 6. The second kappa shape index (κ2) is 7.06. The fourth-order valence-corrected chi connectivity index (χ4v) is 2.51. The average Bonchev–Trinajstić information content (AvgIpc) is 2.88. The summed E-state index contributed by atoms with van der Waals surface area (Å²) in [6.45, 7) is 0.800. The molecule has 6 heteroatoms. The van der Waals surface area contributed by atoms with Gasteiger partial charge >= 0.3 is 5.97 Å². The lowest BCUT2D eigenvalue weighted by atomic mass is 10.1. The van der Waals surface area contributed by atoms with Crippen LogP contribution < -0.4 is 4.74 Å². The van der Waals surface area contributed by atoms with Crippen LogP contribution in [0.25, 0.3) is 0 Å². The molecule has 1 fully saturated rings. The van der Waals surface area contributed by atoms with Gasteiger partial charge in [0, 0.05) is 12.6 Å². The van der Waals surface area contributed by atoms with Gasteiger partial charge in [0.2, 0.25) is 5.91 Å². The van der Waals surface area contributed by atoms with Crippen LogP contribution in [0.1, 0.15) is 25.7 Å². The zero-order chi connectivity index (χ0) is 15.2. The molecule has 21 heavy (non-hydrogen) atoms. The average molecular weight is 295 g/mol. The molecule has 1 N–H and O–H groups in total. The number of hydrogen-bond donors (Lipinski definition) is 1. The van der Waals surface area contributed by atoms with E-state index in [1.165, 1.54) is 24.3 Å². The van der Waals surface area contributed by atoms with Crippen molar-refractivity contribution in [3.63, 3.8) is 0 Å². The Morgan fingerprint density at radius 3 is 2.71 bits per heavy atom. The van der Waals surface area contributed by atoms with Crippen molar-refractivity contribution in [1.29, 1.82) is 0 Å². The molecule has 0 aromatic heterocycles. The Kier molecular flexibility index (Phi) is 5.14. The van der Waals surface area contributed by atoms with E-state index in [4.69, 9.17) is 9.84 Å². The fourth-order valence-electron chi connectivity index (χ4n) is 2.51. The number of ether oxygens (including phenoxy) is 1. The highest BCUT2D eigenvalue weighted by Crippen LogP contribution is 2.21. The lowest BCUT2D eigenvalue weighted by molar-refractivity contribution is -0.140. The first-order valence-corrected chi connectivity index (χ1v) is 6.96. The molecule has 1 aromatic rings. The molecule has 0 bridgehead atoms. The van der Waals surface area contributed by atoms with Gasteiger partial charge in [-0.1, -0.05) is 0 Å². The Hall–Kier alpha value is -2.11. The predicted octanol–water partition coefficient (Wildman–Crippen LogP) is 2.06. The molecule has 1 aromatic carbocycles. The number of carbonyl (C=O) groups excluding carboxylic acids is 1. The van der Waals surface area contributed by atoms with Crippen LogP contribution in [0.3, 0.4) is 0 Å². The Balaban J connectivity index is 1.78. The van der Waals surface area contributed by atoms with Crippen LogP contribution in [0, 0.1) is 5.82 Å². The molecule has 1 aliphatic heterocycles. The SMILES string of the molecule is O=C(O)CC1CCCN1C(=O)CCOc1ccc(F)cc1. The smallest absolute Gasteiger partial charge is 0.305 e. The number of carboxylic acids is 1. The molecule has 1 atom stereocenters. The number of aliphatic carboxylic acids is 1. The van der Waals surface area contributed by atoms with E-state index in [1.54, 1.807) is 4.90 Å². The van der Waals surface area contributed by atoms with Gasteiger partial charge in [0.15, 0.2) is 0 Å². The van der Waals surface area contributed by atoms with E-state index in [1.807, 2.05) is 0 Å². The number of amides is 1. The standard InChI is InChI=1S/C15H18FNO4/c16-11-3-5-13(6-4-11)21-9-7-14(18)17-8-1-2-12(17)10-15(19)20/h3-6,12H,1-2,7-10H2,(H,19,20). The Labute approximate surface area is 122 Å². The number of carboxylic acid groups (broad SMARTS) is 1. The van der Waals surface area contributed by atoms with E-state index in [0.717, 1.165) is 12.8 Å². The van der Waals surface area contributed by atoms with Gasteiger partial charge in [0.25, 0.3) is 0 Å². The highest BCUT2D eigenvalue weighted by atomic mass is 19.1. The monoisotopic (exact) mass is 295 g/mol. The van der Waals surface area contributed by atoms with Gasteiger partial charge in [-0.2, -0.15) is 0 Å². The number of halogens is 1. The minimum absolute atomic E-state index is 0.00937. The summed E-state index contributed by atoms with van der Waals surface area (Å²) in [5, 5.41) is 8.83. The third-order valence-electron chi connectivity index (χ3n) is 3.51. The van der Waals surface area contributed by atoms with Gasteiger partial charge in [-0.3, -0.25) is 9.59 Å². The summed E-state index contributed by atoms with van der Waals surface area (Å²) < 4.78 is 18.1. The number of carbonyl (C=O) groups is 2. The van der Waals surface area contributed by atoms with Crippen molar-refractivity contribution in [2.45, 2.75) is 31.7 Å². The lowest BCUT2D eigenvalue weighted by Gasteiger charge is -2.23. The molecule has 0 spiro atoms. The molecular formula is C15H18FNO4. The Morgan fingerprint density at radius 1 is 1.33 bits per heavy atom. The summed E-state index contributed by atoms with van der Waals surface area (Å²) in [5.74, 6) is -0.817. The van der Waals surface area contributed by atoms with Crippen LogP contribution in [-0.4, -0.2) is 41.1 Å². The van der Waals surface area contributed by atoms with Gasteiger partial charge in [-0.25, -0.2) is 4.39 Å². The van der Waals surface area contributed by atoms with Gasteiger partial charge in [-0.05, 0) is 37.1 Å². The van der Waals surface area contributed by atoms with E-state index in [0.29, 0.717) is 12.3 Å². The number of benzene rings is 1. The van der Waals surface area contributed by atoms with Crippen molar-refractivity contribution in [1.82, 2.24) is 4.90 Å². The summed E-state index contributed by atoms with van der Waals surface area (Å²) in [4.78, 5) is 24.5. The summed E-state index contributed by atoms with van der Waals surface area (Å²) in [5.41, 5.74) is 0. The summed E-state index contributed by atoms with van der Waals surface area (Å²) >= 11 is 0. The maximum atomic E-state index is 12.7. The van der Waals surface area contributed by atoms with Crippen LogP contribution in [0.15, 0.2) is 24.3 Å². The second-order valence-corrected chi connectivity index (χ2v) is 5.03. The van der Waals surface area contributed by atoms with Crippen molar-refractivity contribution in [3.05, 3.63) is 30.1 Å². The topological polar surface area (TPSA) is 66.8 Å². The van der Waals surface area contributed by atoms with Crippen molar-refractivity contribution < 1.29 is 23.8 Å². The van der Waals surface area contributed by atoms with E-state index in [-0.39, 0.29) is 37.2 Å². The van der Waals surface area contributed by atoms with Crippen molar-refractivity contribution >= 4 is 11.9 Å². The molecule has 114 valence electrons. The van der Waals surface area contributed by atoms with E-state index in [9.17, 15) is 14.0 Å². The second-order valence-electron chi connectivity index (χ2n) is 5.03. The van der Waals surface area contributed by atoms with Crippen LogP contribution in [0.4, 0.5) is 4.39 Å². The van der Waals surface area contributed by atoms with Crippen molar-refractivity contribution in [3.8, 4) is 5.75 Å². The van der Waals surface area contributed by atoms with Crippen LogP contribution >= 0.6 is 0 Å². The summed E-state index contributed by atoms with van der Waals surface area (Å²) in [6.07, 6.45) is 1.75. The van der Waals surface area contributed by atoms with Crippen LogP contribution in [-0.2, 0) is 9.59 Å². The van der Waals surface area contributed by atoms with E-state index < -0.39 is 5.97 Å². The predicted molar refractivity (Wildman–Crippen MR) is 73.5 cm³/mol. The molecule has 1 heterocycles. The first kappa shape index (κ1) is 15.3. The maximum Gasteiger partial charge on any atom is 0.305 e. The van der Waals surface area contributed by atoms with Gasteiger partial charge in [0.1, 0.15) is 11.6 Å². The van der Waals surface area contributed by atoms with Crippen LogP contribution in [0.5, 0.6) is 5.75 Å². The molecule has 0 saturated carbocycles. The van der Waals surface area contributed by atoms with E-state index in [2.05, 4.69) is 0 Å². The third-order valence-corrected chi connectivity index (χ3v) is 3.51. The first-order chi connectivity index (χ1) is 10.1. The van der Waals surface area contributed by atoms with Gasteiger partial charge < -0.3 is 14.7 Å². The molecule has 0 radical (unpaired) electrons. The molecule has 1 amide bonds. The van der Waals surface area contributed by atoms with Crippen LogP contribution in [0.2, 0.25) is 0 Å². The van der Waals surface area contributed by atoms with Gasteiger partial charge in [0.05, 0.1) is 19.4 Å². The minimum Gasteiger partial charge on any atom is -0.493 e. The van der Waals surface area contributed by atoms with Gasteiger partial charge in [-0.15, -0.1) is 0 Å². The first-order valence-electron chi connectivity index (χ1n) is 6.96.